The lowest BCUT2D eigenvalue weighted by Gasteiger charge is -2.04. The predicted molar refractivity (Wildman–Crippen MR) is 80.2 cm³/mol. The molecule has 20 heavy (non-hydrogen) atoms. The number of thiophene rings is 1. The number of halogens is 1. The maximum absolute atomic E-state index is 10.8. The number of aromatic nitrogens is 2. The number of aryl methyl sites for hydroxylation is 2. The van der Waals surface area contributed by atoms with Crippen LogP contribution in [0.4, 0.5) is 0 Å². The van der Waals surface area contributed by atoms with E-state index in [-0.39, 0.29) is 11.2 Å². The molecule has 1 N–H and O–H groups in total. The Morgan fingerprint density at radius 3 is 2.95 bits per heavy atom. The van der Waals surface area contributed by atoms with Crippen molar-refractivity contribution in [3.05, 3.63) is 34.1 Å². The van der Waals surface area contributed by atoms with E-state index in [9.17, 15) is 4.79 Å². The zero-order valence-corrected chi connectivity index (χ0v) is 12.8. The molecule has 2 aromatic heterocycles. The van der Waals surface area contributed by atoms with E-state index in [1.807, 2.05) is 19.1 Å². The molecule has 6 heteroatoms. The minimum Gasteiger partial charge on any atom is -0.481 e. The smallest absolute Gasteiger partial charge is 0.306 e. The second-order valence-electron chi connectivity index (χ2n) is 4.71. The second-order valence-corrected chi connectivity index (χ2v) is 6.22. The standard InChI is InChI=1S/C14H15ClN2O2S/c1-8(13(18)19)3-4-10-5-6-11(20-10)12-9(2)7-16-14(15)17-12/h5-8H,3-4H2,1-2H3,(H,18,19). The zero-order chi connectivity index (χ0) is 14.7. The molecule has 0 bridgehead atoms. The molecule has 0 saturated heterocycles. The quantitative estimate of drug-likeness (QED) is 0.853. The van der Waals surface area contributed by atoms with Crippen LogP contribution in [0, 0.1) is 12.8 Å². The fourth-order valence-corrected chi connectivity index (χ4v) is 3.00. The summed E-state index contributed by atoms with van der Waals surface area (Å²) < 4.78 is 0. The summed E-state index contributed by atoms with van der Waals surface area (Å²) in [6, 6.07) is 4.01. The highest BCUT2D eigenvalue weighted by Crippen LogP contribution is 2.30. The lowest BCUT2D eigenvalue weighted by atomic mass is 10.1. The van der Waals surface area contributed by atoms with Gasteiger partial charge in [-0.1, -0.05) is 6.92 Å². The van der Waals surface area contributed by atoms with Gasteiger partial charge in [0, 0.05) is 11.1 Å². The van der Waals surface area contributed by atoms with Crippen molar-refractivity contribution in [1.29, 1.82) is 0 Å². The molecule has 2 heterocycles. The van der Waals surface area contributed by atoms with Crippen LogP contribution in [0.15, 0.2) is 18.3 Å². The van der Waals surface area contributed by atoms with Crippen LogP contribution in [0.2, 0.25) is 5.28 Å². The average Bonchev–Trinajstić information content (AvgIpc) is 2.87. The summed E-state index contributed by atoms with van der Waals surface area (Å²) in [6.45, 7) is 3.67. The SMILES string of the molecule is Cc1cnc(Cl)nc1-c1ccc(CCC(C)C(=O)O)s1. The van der Waals surface area contributed by atoms with E-state index in [0.29, 0.717) is 6.42 Å². The van der Waals surface area contributed by atoms with Gasteiger partial charge in [0.05, 0.1) is 16.5 Å². The number of carbonyl (C=O) groups is 1. The van der Waals surface area contributed by atoms with Crippen LogP contribution in [-0.4, -0.2) is 21.0 Å². The van der Waals surface area contributed by atoms with Gasteiger partial charge < -0.3 is 5.11 Å². The molecular formula is C14H15ClN2O2S. The number of carboxylic acids is 1. The highest BCUT2D eigenvalue weighted by atomic mass is 35.5. The molecule has 2 aromatic rings. The number of hydrogen-bond acceptors (Lipinski definition) is 4. The van der Waals surface area contributed by atoms with Crippen LogP contribution in [-0.2, 0) is 11.2 Å². The fourth-order valence-electron chi connectivity index (χ4n) is 1.79. The number of aliphatic carboxylic acids is 1. The van der Waals surface area contributed by atoms with Crippen LogP contribution >= 0.6 is 22.9 Å². The Morgan fingerprint density at radius 2 is 2.25 bits per heavy atom. The molecule has 0 radical (unpaired) electrons. The molecule has 0 saturated carbocycles. The zero-order valence-electron chi connectivity index (χ0n) is 11.3. The van der Waals surface area contributed by atoms with E-state index in [2.05, 4.69) is 9.97 Å². The summed E-state index contributed by atoms with van der Waals surface area (Å²) in [5.74, 6) is -1.07. The third kappa shape index (κ3) is 3.55. The minimum atomic E-state index is -0.750. The molecule has 1 atom stereocenters. The first-order valence-corrected chi connectivity index (χ1v) is 7.48. The fraction of sp³-hybridized carbons (Fsp3) is 0.357. The molecule has 1 unspecified atom stereocenters. The summed E-state index contributed by atoms with van der Waals surface area (Å²) >= 11 is 7.45. The lowest BCUT2D eigenvalue weighted by Crippen LogP contribution is -2.09. The van der Waals surface area contributed by atoms with Gasteiger partial charge in [-0.15, -0.1) is 11.3 Å². The van der Waals surface area contributed by atoms with E-state index in [4.69, 9.17) is 16.7 Å². The maximum Gasteiger partial charge on any atom is 0.306 e. The monoisotopic (exact) mass is 310 g/mol. The van der Waals surface area contributed by atoms with Gasteiger partial charge >= 0.3 is 5.97 Å². The van der Waals surface area contributed by atoms with E-state index >= 15 is 0 Å². The predicted octanol–water partition coefficient (Wildman–Crippen LogP) is 3.82. The summed E-state index contributed by atoms with van der Waals surface area (Å²) in [6.07, 6.45) is 3.10. The molecule has 0 aromatic carbocycles. The highest BCUT2D eigenvalue weighted by Gasteiger charge is 2.13. The van der Waals surface area contributed by atoms with Crippen molar-refractivity contribution >= 4 is 28.9 Å². The highest BCUT2D eigenvalue weighted by molar-refractivity contribution is 7.15. The third-order valence-corrected chi connectivity index (χ3v) is 4.42. The van der Waals surface area contributed by atoms with Gasteiger partial charge in [0.25, 0.3) is 0 Å². The summed E-state index contributed by atoms with van der Waals surface area (Å²) in [7, 11) is 0. The van der Waals surface area contributed by atoms with Crippen LogP contribution in [0.3, 0.4) is 0 Å². The third-order valence-electron chi connectivity index (χ3n) is 3.08. The normalized spacial score (nSPS) is 12.3. The molecule has 2 rings (SSSR count). The molecule has 106 valence electrons. The summed E-state index contributed by atoms with van der Waals surface area (Å²) in [4.78, 5) is 21.2. The molecule has 4 nitrogen and oxygen atoms in total. The van der Waals surface area contributed by atoms with E-state index < -0.39 is 5.97 Å². The number of rotatable bonds is 5. The van der Waals surface area contributed by atoms with Crippen LogP contribution in [0.1, 0.15) is 23.8 Å². The summed E-state index contributed by atoms with van der Waals surface area (Å²) in [5.41, 5.74) is 1.81. The first-order valence-electron chi connectivity index (χ1n) is 6.28. The number of nitrogens with zero attached hydrogens (tertiary/aromatic N) is 2. The van der Waals surface area contributed by atoms with Gasteiger partial charge in [-0.2, -0.15) is 0 Å². The Labute approximate surface area is 126 Å². The van der Waals surface area contributed by atoms with Crippen molar-refractivity contribution in [3.8, 4) is 10.6 Å². The molecule has 0 fully saturated rings. The van der Waals surface area contributed by atoms with Crippen molar-refractivity contribution < 1.29 is 9.90 Å². The van der Waals surface area contributed by atoms with Gasteiger partial charge in [-0.25, -0.2) is 9.97 Å². The van der Waals surface area contributed by atoms with Gasteiger partial charge in [0.2, 0.25) is 5.28 Å². The number of hydrogen-bond donors (Lipinski definition) is 1. The van der Waals surface area contributed by atoms with Gasteiger partial charge in [0.1, 0.15) is 0 Å². The molecule has 0 amide bonds. The van der Waals surface area contributed by atoms with Crippen molar-refractivity contribution in [3.63, 3.8) is 0 Å². The van der Waals surface area contributed by atoms with Crippen molar-refractivity contribution in [1.82, 2.24) is 9.97 Å². The van der Waals surface area contributed by atoms with Gasteiger partial charge in [-0.3, -0.25) is 4.79 Å². The van der Waals surface area contributed by atoms with Crippen molar-refractivity contribution in [2.24, 2.45) is 5.92 Å². The maximum atomic E-state index is 10.8. The lowest BCUT2D eigenvalue weighted by molar-refractivity contribution is -0.141. The Morgan fingerprint density at radius 1 is 1.50 bits per heavy atom. The molecule has 0 spiro atoms. The Hall–Kier alpha value is -1.46. The first kappa shape index (κ1) is 14.9. The van der Waals surface area contributed by atoms with Crippen LogP contribution in [0.5, 0.6) is 0 Å². The Balaban J connectivity index is 2.13. The van der Waals surface area contributed by atoms with Crippen LogP contribution < -0.4 is 0 Å². The number of carboxylic acid groups (broad SMARTS) is 1. The molecule has 0 aliphatic heterocycles. The molecule has 0 aliphatic carbocycles. The largest absolute Gasteiger partial charge is 0.481 e. The van der Waals surface area contributed by atoms with E-state index in [1.165, 1.54) is 0 Å². The summed E-state index contributed by atoms with van der Waals surface area (Å²) in [5, 5.41) is 9.12. The van der Waals surface area contributed by atoms with Gasteiger partial charge in [0.15, 0.2) is 0 Å². The Bertz CT molecular complexity index is 627. The van der Waals surface area contributed by atoms with Crippen molar-refractivity contribution in [2.75, 3.05) is 0 Å². The molecule has 0 aliphatic rings. The average molecular weight is 311 g/mol. The topological polar surface area (TPSA) is 63.1 Å². The van der Waals surface area contributed by atoms with Gasteiger partial charge in [-0.05, 0) is 49.1 Å². The first-order chi connectivity index (χ1) is 9.47. The molecular weight excluding hydrogens is 296 g/mol. The van der Waals surface area contributed by atoms with E-state index in [0.717, 1.165) is 27.4 Å². The minimum absolute atomic E-state index is 0.236. The van der Waals surface area contributed by atoms with Crippen LogP contribution in [0.25, 0.3) is 10.6 Å². The Kier molecular flexibility index (Phi) is 4.73. The second kappa shape index (κ2) is 6.33. The van der Waals surface area contributed by atoms with Crippen molar-refractivity contribution in [2.45, 2.75) is 26.7 Å². The van der Waals surface area contributed by atoms with E-state index in [1.54, 1.807) is 24.5 Å².